The van der Waals surface area contributed by atoms with E-state index in [4.69, 9.17) is 8.53 Å². The lowest BCUT2D eigenvalue weighted by molar-refractivity contribution is 0.597. The van der Waals surface area contributed by atoms with Crippen molar-refractivity contribution in [2.24, 2.45) is 0 Å². The van der Waals surface area contributed by atoms with E-state index in [1.54, 1.807) is 6.07 Å². The monoisotopic (exact) mass is 536 g/mol. The Hall–Kier alpha value is -4.63. The third kappa shape index (κ3) is 3.18. The first-order chi connectivity index (χ1) is 20.9. The van der Waals surface area contributed by atoms with Crippen LogP contribution in [0.25, 0.3) is 33.1 Å². The molecule has 3 heteroatoms. The van der Waals surface area contributed by atoms with Crippen LogP contribution >= 0.6 is 0 Å². The number of hydrogen-bond donors (Lipinski definition) is 0. The van der Waals surface area contributed by atoms with Crippen LogP contribution in [0.3, 0.4) is 0 Å². The molecule has 0 saturated heterocycles. The number of hydrogen-bond acceptors (Lipinski definition) is 3. The van der Waals surface area contributed by atoms with Crippen LogP contribution in [-0.4, -0.2) is 0 Å². The van der Waals surface area contributed by atoms with Gasteiger partial charge in [0.25, 0.3) is 0 Å². The average molecular weight is 537 g/mol. The van der Waals surface area contributed by atoms with Gasteiger partial charge in [0.05, 0.1) is 27.8 Å². The van der Waals surface area contributed by atoms with Gasteiger partial charge in [-0.25, -0.2) is 0 Å². The molecule has 1 aromatic heterocycles. The van der Waals surface area contributed by atoms with Crippen LogP contribution in [0, 0.1) is 6.85 Å². The number of fused-ring (bicyclic) bond motifs is 6. The summed E-state index contributed by atoms with van der Waals surface area (Å²) < 4.78 is 29.2. The predicted molar refractivity (Wildman–Crippen MR) is 169 cm³/mol. The number of nitrogens with zero attached hydrogens (tertiary/aromatic N) is 1. The van der Waals surface area contributed by atoms with E-state index in [0.717, 1.165) is 16.8 Å². The van der Waals surface area contributed by atoms with Gasteiger partial charge in [-0.1, -0.05) is 82.3 Å². The van der Waals surface area contributed by atoms with Crippen LogP contribution in [0.15, 0.2) is 106 Å². The normalized spacial score (nSPS) is 17.3. The van der Waals surface area contributed by atoms with Crippen molar-refractivity contribution in [1.29, 1.82) is 0 Å². The van der Waals surface area contributed by atoms with Crippen molar-refractivity contribution in [1.82, 2.24) is 0 Å². The Kier molecular flexibility index (Phi) is 4.12. The summed E-state index contributed by atoms with van der Waals surface area (Å²) in [5.41, 5.74) is 11.0. The number of anilines is 3. The molecule has 8 rings (SSSR count). The van der Waals surface area contributed by atoms with Gasteiger partial charge in [0, 0.05) is 14.9 Å². The highest BCUT2D eigenvalue weighted by atomic mass is 16.3. The maximum absolute atomic E-state index is 13.6. The van der Waals surface area contributed by atoms with Crippen LogP contribution in [-0.2, 0) is 10.8 Å². The maximum atomic E-state index is 13.6. The van der Waals surface area contributed by atoms with Gasteiger partial charge in [-0.2, -0.15) is 0 Å². The molecule has 0 amide bonds. The highest BCUT2D eigenvalue weighted by molar-refractivity contribution is 5.95. The van der Waals surface area contributed by atoms with E-state index in [0.29, 0.717) is 16.4 Å². The molecule has 0 fully saturated rings. The minimum atomic E-state index is -2.28. The lowest BCUT2D eigenvalue weighted by Gasteiger charge is -2.49. The molecule has 0 radical (unpaired) electrons. The molecule has 200 valence electrons. The van der Waals surface area contributed by atoms with E-state index in [2.05, 4.69) is 93.3 Å². The van der Waals surface area contributed by atoms with Gasteiger partial charge in [-0.15, -0.1) is 0 Å². The van der Waals surface area contributed by atoms with E-state index in [9.17, 15) is 4.79 Å². The zero-order chi connectivity index (χ0) is 30.8. The van der Waals surface area contributed by atoms with E-state index in [1.807, 2.05) is 18.2 Å². The topological polar surface area (TPSA) is 33.5 Å². The van der Waals surface area contributed by atoms with Gasteiger partial charge >= 0.3 is 0 Å². The summed E-state index contributed by atoms with van der Waals surface area (Å²) in [6.07, 6.45) is 0. The second-order valence-corrected chi connectivity index (χ2v) is 12.4. The summed E-state index contributed by atoms with van der Waals surface area (Å²) in [6, 6.07) is 32.2. The van der Waals surface area contributed by atoms with Gasteiger partial charge in [0.1, 0.15) is 11.2 Å². The predicted octanol–water partition coefficient (Wildman–Crippen LogP) is 9.67. The molecule has 0 N–H and O–H groups in total. The van der Waals surface area contributed by atoms with Crippen LogP contribution in [0.5, 0.6) is 0 Å². The van der Waals surface area contributed by atoms with E-state index >= 15 is 0 Å². The van der Waals surface area contributed by atoms with Crippen LogP contribution < -0.4 is 10.3 Å². The van der Waals surface area contributed by atoms with Gasteiger partial charge in [-0.3, -0.25) is 4.79 Å². The first-order valence-corrected chi connectivity index (χ1v) is 14.1. The number of aryl methyl sites for hydroxylation is 1. The molecular weight excluding hydrogens is 502 g/mol. The summed E-state index contributed by atoms with van der Waals surface area (Å²) in [4.78, 5) is 16.0. The molecule has 0 bridgehead atoms. The lowest BCUT2D eigenvalue weighted by Crippen LogP contribution is -2.38. The average Bonchev–Trinajstić information content (AvgIpc) is 3.00. The van der Waals surface area contributed by atoms with E-state index in [1.165, 1.54) is 45.8 Å². The highest BCUT2D eigenvalue weighted by Gasteiger charge is 2.45. The number of rotatable bonds is 1. The largest absolute Gasteiger partial charge is 0.456 e. The summed E-state index contributed by atoms with van der Waals surface area (Å²) in [5.74, 6) is 0. The van der Waals surface area contributed by atoms with Gasteiger partial charge in [-0.05, 0) is 88.3 Å². The molecule has 3 heterocycles. The molecule has 41 heavy (non-hydrogen) atoms. The lowest BCUT2D eigenvalue weighted by atomic mass is 9.66. The number of benzene rings is 5. The van der Waals surface area contributed by atoms with Crippen LogP contribution in [0.4, 0.5) is 17.1 Å². The SMILES string of the molecule is [2H]C([2H])([2H])c1ccc2c(=O)c3cc(-c4ccc5c(c4)C(C)(C)c4cccc6c4N5c4ccccc4C6(C)C)ccc3oc2c1. The first kappa shape index (κ1) is 21.2. The van der Waals surface area contributed by atoms with Crippen molar-refractivity contribution in [3.05, 3.63) is 135 Å². The van der Waals surface area contributed by atoms with Gasteiger partial charge in [0.15, 0.2) is 0 Å². The molecule has 0 spiro atoms. The summed E-state index contributed by atoms with van der Waals surface area (Å²) in [6.45, 7) is 6.95. The fourth-order valence-electron chi connectivity index (χ4n) is 7.10. The van der Waals surface area contributed by atoms with Crippen LogP contribution in [0.2, 0.25) is 0 Å². The van der Waals surface area contributed by atoms with E-state index < -0.39 is 6.85 Å². The Morgan fingerprint density at radius 1 is 0.634 bits per heavy atom. The Labute approximate surface area is 243 Å². The second-order valence-electron chi connectivity index (χ2n) is 12.4. The fourth-order valence-corrected chi connectivity index (χ4v) is 7.10. The molecular formula is C38H31NO2. The first-order valence-electron chi connectivity index (χ1n) is 15.6. The minimum Gasteiger partial charge on any atom is -0.456 e. The molecule has 0 aliphatic carbocycles. The van der Waals surface area contributed by atoms with Crippen molar-refractivity contribution in [3.8, 4) is 11.1 Å². The van der Waals surface area contributed by atoms with Crippen molar-refractivity contribution < 1.29 is 8.53 Å². The molecule has 2 aliphatic heterocycles. The summed E-state index contributed by atoms with van der Waals surface area (Å²) in [5, 5.41) is 0.837. The van der Waals surface area contributed by atoms with Crippen molar-refractivity contribution >= 4 is 39.0 Å². The second kappa shape index (κ2) is 7.98. The highest BCUT2D eigenvalue weighted by Crippen LogP contribution is 2.60. The Bertz CT molecular complexity index is 2260. The van der Waals surface area contributed by atoms with Crippen molar-refractivity contribution in [3.63, 3.8) is 0 Å². The Balaban J connectivity index is 1.31. The number of para-hydroxylation sites is 2. The standard InChI is InChI=1S/C38H31NO2/c1-22-13-16-25-34(19-22)41-33-18-15-23(20-26(33)36(25)40)24-14-17-32-30(21-24)38(4,5)29-11-8-10-28-35(29)39(32)31-12-7-6-9-27(31)37(28,2)3/h6-21H,1-5H3/i1D3. The summed E-state index contributed by atoms with van der Waals surface area (Å²) >= 11 is 0. The van der Waals surface area contributed by atoms with Gasteiger partial charge < -0.3 is 9.32 Å². The molecule has 0 saturated carbocycles. The Morgan fingerprint density at radius 3 is 2.12 bits per heavy atom. The zero-order valence-corrected chi connectivity index (χ0v) is 23.5. The quantitative estimate of drug-likeness (QED) is 0.196. The molecule has 2 aliphatic rings. The van der Waals surface area contributed by atoms with Crippen LogP contribution in [0.1, 0.15) is 59.6 Å². The molecule has 6 aromatic rings. The minimum absolute atomic E-state index is 0.128. The smallest absolute Gasteiger partial charge is 0.200 e. The van der Waals surface area contributed by atoms with Gasteiger partial charge in [0.2, 0.25) is 5.43 Å². The van der Waals surface area contributed by atoms with Crippen molar-refractivity contribution in [2.45, 2.75) is 45.4 Å². The third-order valence-corrected chi connectivity index (χ3v) is 9.34. The molecule has 0 atom stereocenters. The molecule has 3 nitrogen and oxygen atoms in total. The van der Waals surface area contributed by atoms with E-state index in [-0.39, 0.29) is 27.4 Å². The summed E-state index contributed by atoms with van der Waals surface area (Å²) in [7, 11) is 0. The molecule has 5 aromatic carbocycles. The third-order valence-electron chi connectivity index (χ3n) is 9.34. The molecule has 0 unspecified atom stereocenters. The fraction of sp³-hybridized carbons (Fsp3) is 0.184. The maximum Gasteiger partial charge on any atom is 0.200 e. The zero-order valence-electron chi connectivity index (χ0n) is 26.5. The Morgan fingerprint density at radius 2 is 1.32 bits per heavy atom. The van der Waals surface area contributed by atoms with Crippen molar-refractivity contribution in [2.75, 3.05) is 4.90 Å².